The average Bonchev–Trinajstić information content (AvgIpc) is 3.28. The lowest BCUT2D eigenvalue weighted by Gasteiger charge is -2.36. The second-order valence-corrected chi connectivity index (χ2v) is 9.90. The van der Waals surface area contributed by atoms with E-state index in [1.165, 1.54) is 5.56 Å². The lowest BCUT2D eigenvalue weighted by Crippen LogP contribution is -2.51. The molecule has 1 aliphatic heterocycles. The number of aryl methyl sites for hydroxylation is 1. The van der Waals surface area contributed by atoms with E-state index in [0.29, 0.717) is 32.1 Å². The summed E-state index contributed by atoms with van der Waals surface area (Å²) in [6.45, 7) is 14.4. The first-order chi connectivity index (χ1) is 16.7. The van der Waals surface area contributed by atoms with Gasteiger partial charge in [0.15, 0.2) is 0 Å². The third kappa shape index (κ3) is 5.93. The molecule has 0 aliphatic carbocycles. The van der Waals surface area contributed by atoms with Crippen molar-refractivity contribution in [2.24, 2.45) is 0 Å². The number of aromatic nitrogens is 3. The Hall–Kier alpha value is -3.55. The number of piperazine rings is 1. The van der Waals surface area contributed by atoms with Crippen LogP contribution in [0.25, 0.3) is 5.69 Å². The van der Waals surface area contributed by atoms with Crippen LogP contribution in [-0.2, 0) is 12.0 Å². The van der Waals surface area contributed by atoms with Crippen LogP contribution in [-0.4, -0.2) is 58.5 Å². The molecule has 8 heteroatoms. The summed E-state index contributed by atoms with van der Waals surface area (Å²) >= 11 is 0. The maximum absolute atomic E-state index is 12.7. The number of rotatable bonds is 6. The Balaban J connectivity index is 1.33. The van der Waals surface area contributed by atoms with Crippen LogP contribution >= 0.6 is 0 Å². The highest BCUT2D eigenvalue weighted by atomic mass is 16.5. The van der Waals surface area contributed by atoms with Crippen molar-refractivity contribution >= 4 is 11.7 Å². The highest BCUT2D eigenvalue weighted by Gasteiger charge is 2.22. The van der Waals surface area contributed by atoms with Gasteiger partial charge in [0.25, 0.3) is 0 Å². The van der Waals surface area contributed by atoms with Crippen LogP contribution in [0.2, 0.25) is 0 Å². The molecule has 35 heavy (non-hydrogen) atoms. The highest BCUT2D eigenvalue weighted by molar-refractivity contribution is 5.74. The molecule has 1 N–H and O–H groups in total. The molecule has 1 aliphatic rings. The van der Waals surface area contributed by atoms with Crippen molar-refractivity contribution in [1.82, 2.24) is 25.0 Å². The van der Waals surface area contributed by atoms with Crippen molar-refractivity contribution in [3.8, 4) is 11.4 Å². The second kappa shape index (κ2) is 10.4. The Morgan fingerprint density at radius 3 is 2.37 bits per heavy atom. The SMILES string of the molecule is CCOc1cc(N2CCN(C(=O)NCc3ccc(C(C)(C)C)cc3)CC2)ccc1-n1cnc(C)n1. The number of hydrogen-bond donors (Lipinski definition) is 1. The third-order valence-corrected chi connectivity index (χ3v) is 6.29. The van der Waals surface area contributed by atoms with Gasteiger partial charge in [0.1, 0.15) is 23.6 Å². The molecular formula is C27H36N6O2. The van der Waals surface area contributed by atoms with Crippen LogP contribution in [0.1, 0.15) is 44.6 Å². The zero-order valence-electron chi connectivity index (χ0n) is 21.4. The summed E-state index contributed by atoms with van der Waals surface area (Å²) in [4.78, 5) is 21.1. The number of anilines is 1. The lowest BCUT2D eigenvalue weighted by atomic mass is 9.87. The Morgan fingerprint density at radius 2 is 1.77 bits per heavy atom. The van der Waals surface area contributed by atoms with Gasteiger partial charge in [-0.05, 0) is 42.5 Å². The van der Waals surface area contributed by atoms with E-state index in [1.807, 2.05) is 30.9 Å². The van der Waals surface area contributed by atoms with Crippen molar-refractivity contribution in [2.75, 3.05) is 37.7 Å². The van der Waals surface area contributed by atoms with Crippen molar-refractivity contribution < 1.29 is 9.53 Å². The molecule has 0 spiro atoms. The quantitative estimate of drug-likeness (QED) is 0.574. The van der Waals surface area contributed by atoms with Gasteiger partial charge in [0, 0.05) is 44.5 Å². The minimum absolute atomic E-state index is 0.0172. The van der Waals surface area contributed by atoms with E-state index in [9.17, 15) is 4.79 Å². The summed E-state index contributed by atoms with van der Waals surface area (Å²) in [6.07, 6.45) is 1.70. The Morgan fingerprint density at radius 1 is 1.06 bits per heavy atom. The molecule has 1 fully saturated rings. The number of carbonyl (C=O) groups excluding carboxylic acids is 1. The minimum atomic E-state index is -0.0172. The number of benzene rings is 2. The maximum Gasteiger partial charge on any atom is 0.317 e. The summed E-state index contributed by atoms with van der Waals surface area (Å²) in [5.41, 5.74) is 4.47. The standard InChI is InChI=1S/C27H36N6O2/c1-6-35-25-17-23(11-12-24(25)33-19-29-20(2)30-33)31-13-15-32(16-14-31)26(34)28-18-21-7-9-22(10-8-21)27(3,4)5/h7-12,17,19H,6,13-16,18H2,1-5H3,(H,28,34). The number of ether oxygens (including phenoxy) is 1. The summed E-state index contributed by atoms with van der Waals surface area (Å²) in [5, 5.41) is 7.48. The van der Waals surface area contributed by atoms with Crippen LogP contribution in [0.15, 0.2) is 48.8 Å². The highest BCUT2D eigenvalue weighted by Crippen LogP contribution is 2.29. The molecule has 0 atom stereocenters. The van der Waals surface area contributed by atoms with Gasteiger partial charge in [-0.3, -0.25) is 0 Å². The normalized spacial score (nSPS) is 14.2. The lowest BCUT2D eigenvalue weighted by molar-refractivity contribution is 0.194. The monoisotopic (exact) mass is 476 g/mol. The number of nitrogens with one attached hydrogen (secondary N) is 1. The van der Waals surface area contributed by atoms with Crippen LogP contribution < -0.4 is 15.0 Å². The van der Waals surface area contributed by atoms with Crippen molar-refractivity contribution in [3.63, 3.8) is 0 Å². The smallest absolute Gasteiger partial charge is 0.317 e. The van der Waals surface area contributed by atoms with E-state index >= 15 is 0 Å². The summed E-state index contributed by atoms with van der Waals surface area (Å²) in [5.74, 6) is 1.49. The molecule has 8 nitrogen and oxygen atoms in total. The number of hydrogen-bond acceptors (Lipinski definition) is 5. The minimum Gasteiger partial charge on any atom is -0.492 e. The van der Waals surface area contributed by atoms with E-state index in [0.717, 1.165) is 35.8 Å². The van der Waals surface area contributed by atoms with E-state index < -0.39 is 0 Å². The Kier molecular flexibility index (Phi) is 7.28. The first-order valence-corrected chi connectivity index (χ1v) is 12.3. The van der Waals surface area contributed by atoms with E-state index in [2.05, 4.69) is 71.4 Å². The molecule has 4 rings (SSSR count). The second-order valence-electron chi connectivity index (χ2n) is 9.90. The van der Waals surface area contributed by atoms with Gasteiger partial charge in [0.2, 0.25) is 0 Å². The van der Waals surface area contributed by atoms with Crippen LogP contribution in [0.4, 0.5) is 10.5 Å². The number of urea groups is 1. The van der Waals surface area contributed by atoms with Crippen molar-refractivity contribution in [2.45, 2.75) is 46.6 Å². The Labute approximate surface area is 207 Å². The van der Waals surface area contributed by atoms with Gasteiger partial charge >= 0.3 is 6.03 Å². The van der Waals surface area contributed by atoms with Gasteiger partial charge in [-0.25, -0.2) is 14.5 Å². The van der Waals surface area contributed by atoms with Gasteiger partial charge < -0.3 is 19.9 Å². The molecular weight excluding hydrogens is 440 g/mol. The van der Waals surface area contributed by atoms with E-state index in [1.54, 1.807) is 11.0 Å². The zero-order chi connectivity index (χ0) is 25.0. The third-order valence-electron chi connectivity index (χ3n) is 6.29. The van der Waals surface area contributed by atoms with Crippen LogP contribution in [0.5, 0.6) is 5.75 Å². The van der Waals surface area contributed by atoms with Crippen LogP contribution in [0, 0.1) is 6.92 Å². The molecule has 2 amide bonds. The first kappa shape index (κ1) is 24.6. The van der Waals surface area contributed by atoms with Gasteiger partial charge in [-0.2, -0.15) is 5.10 Å². The maximum atomic E-state index is 12.7. The molecule has 1 aromatic heterocycles. The van der Waals surface area contributed by atoms with E-state index in [-0.39, 0.29) is 11.4 Å². The zero-order valence-corrected chi connectivity index (χ0v) is 21.4. The predicted octanol–water partition coefficient (Wildman–Crippen LogP) is 4.30. The Bertz CT molecular complexity index is 1140. The van der Waals surface area contributed by atoms with Crippen molar-refractivity contribution in [3.05, 3.63) is 65.7 Å². The average molecular weight is 477 g/mol. The fraction of sp³-hybridized carbons (Fsp3) is 0.444. The first-order valence-electron chi connectivity index (χ1n) is 12.3. The number of nitrogens with zero attached hydrogens (tertiary/aromatic N) is 5. The molecule has 186 valence electrons. The molecule has 0 bridgehead atoms. The fourth-order valence-electron chi connectivity index (χ4n) is 4.20. The number of carbonyl (C=O) groups is 1. The van der Waals surface area contributed by atoms with Gasteiger partial charge in [-0.1, -0.05) is 45.0 Å². The molecule has 3 aromatic rings. The molecule has 2 aromatic carbocycles. The van der Waals surface area contributed by atoms with Gasteiger partial charge in [0.05, 0.1) is 6.61 Å². The van der Waals surface area contributed by atoms with E-state index in [4.69, 9.17) is 4.74 Å². The number of amides is 2. The molecule has 0 unspecified atom stereocenters. The summed E-state index contributed by atoms with van der Waals surface area (Å²) < 4.78 is 7.64. The molecule has 0 saturated carbocycles. The fourth-order valence-corrected chi connectivity index (χ4v) is 4.20. The molecule has 1 saturated heterocycles. The molecule has 0 radical (unpaired) electrons. The predicted molar refractivity (Wildman–Crippen MR) is 138 cm³/mol. The summed E-state index contributed by atoms with van der Waals surface area (Å²) in [6, 6.07) is 14.6. The van der Waals surface area contributed by atoms with Crippen molar-refractivity contribution in [1.29, 1.82) is 0 Å². The largest absolute Gasteiger partial charge is 0.492 e. The summed E-state index contributed by atoms with van der Waals surface area (Å²) in [7, 11) is 0. The molecule has 2 heterocycles. The topological polar surface area (TPSA) is 75.5 Å². The van der Waals surface area contributed by atoms with Crippen LogP contribution in [0.3, 0.4) is 0 Å². The van der Waals surface area contributed by atoms with Gasteiger partial charge in [-0.15, -0.1) is 0 Å².